The molecule has 0 bridgehead atoms. The van der Waals surface area contributed by atoms with Crippen LogP contribution in [0.3, 0.4) is 0 Å². The molecule has 0 saturated carbocycles. The Kier molecular flexibility index (Phi) is 7.33. The van der Waals surface area contributed by atoms with E-state index in [9.17, 15) is 4.79 Å². The van der Waals surface area contributed by atoms with Gasteiger partial charge in [0, 0.05) is 37.9 Å². The number of amides is 1. The minimum absolute atomic E-state index is 0.0824. The molecule has 6 rings (SSSR count). The Labute approximate surface area is 240 Å². The van der Waals surface area contributed by atoms with E-state index in [1.54, 1.807) is 18.3 Å². The van der Waals surface area contributed by atoms with Gasteiger partial charge in [-0.3, -0.25) is 4.79 Å². The van der Waals surface area contributed by atoms with Gasteiger partial charge in [0.1, 0.15) is 17.0 Å². The lowest BCUT2D eigenvalue weighted by Gasteiger charge is -2.25. The summed E-state index contributed by atoms with van der Waals surface area (Å²) in [5.74, 6) is 1.74. The highest BCUT2D eigenvalue weighted by Crippen LogP contribution is 2.32. The van der Waals surface area contributed by atoms with E-state index in [0.29, 0.717) is 36.8 Å². The fourth-order valence-corrected chi connectivity index (χ4v) is 5.17. The van der Waals surface area contributed by atoms with Gasteiger partial charge in [0.15, 0.2) is 5.82 Å². The van der Waals surface area contributed by atoms with Gasteiger partial charge >= 0.3 is 0 Å². The number of hydrogen-bond donors (Lipinski definition) is 0. The van der Waals surface area contributed by atoms with Gasteiger partial charge in [-0.1, -0.05) is 48.0 Å². The zero-order valence-corrected chi connectivity index (χ0v) is 23.7. The Morgan fingerprint density at radius 2 is 1.51 bits per heavy atom. The summed E-state index contributed by atoms with van der Waals surface area (Å²) in [6.45, 7) is 8.83. The standard InChI is InChI=1S/C34H33N5O2/c1-23-12-14-27(15-13-23)41-33-28(11-7-16-35-33)34(40)39-18-8-17-38(19-20-39)32-31(26-9-5-4-6-10-26)36-29-21-24(2)25(3)22-30(29)37-32/h4-7,9-16,21-22H,8,17-20H2,1-3H3. The molecule has 41 heavy (non-hydrogen) atoms. The van der Waals surface area contributed by atoms with Crippen molar-refractivity contribution in [1.82, 2.24) is 19.9 Å². The molecule has 0 aliphatic carbocycles. The second kappa shape index (κ2) is 11.4. The first-order valence-electron chi connectivity index (χ1n) is 14.0. The lowest BCUT2D eigenvalue weighted by Crippen LogP contribution is -2.35. The van der Waals surface area contributed by atoms with Crippen molar-refractivity contribution in [2.75, 3.05) is 31.1 Å². The summed E-state index contributed by atoms with van der Waals surface area (Å²) in [5.41, 5.74) is 7.65. The van der Waals surface area contributed by atoms with Crippen molar-refractivity contribution in [3.8, 4) is 22.9 Å². The van der Waals surface area contributed by atoms with Crippen LogP contribution in [-0.4, -0.2) is 51.9 Å². The molecule has 0 N–H and O–H groups in total. The van der Waals surface area contributed by atoms with Crippen molar-refractivity contribution in [2.45, 2.75) is 27.2 Å². The first-order valence-corrected chi connectivity index (χ1v) is 14.0. The smallest absolute Gasteiger partial charge is 0.259 e. The maximum Gasteiger partial charge on any atom is 0.259 e. The van der Waals surface area contributed by atoms with E-state index in [4.69, 9.17) is 14.7 Å². The first-order chi connectivity index (χ1) is 20.0. The number of benzene rings is 3. The summed E-state index contributed by atoms with van der Waals surface area (Å²) in [4.78, 5) is 32.5. The van der Waals surface area contributed by atoms with E-state index < -0.39 is 0 Å². The van der Waals surface area contributed by atoms with Gasteiger partial charge < -0.3 is 14.5 Å². The molecule has 3 heterocycles. The maximum atomic E-state index is 13.8. The van der Waals surface area contributed by atoms with Crippen molar-refractivity contribution in [3.63, 3.8) is 0 Å². The molecule has 7 nitrogen and oxygen atoms in total. The number of anilines is 1. The number of aromatic nitrogens is 3. The van der Waals surface area contributed by atoms with Crippen LogP contribution in [0.5, 0.6) is 11.6 Å². The van der Waals surface area contributed by atoms with Crippen LogP contribution in [0.1, 0.15) is 33.5 Å². The summed E-state index contributed by atoms with van der Waals surface area (Å²) in [7, 11) is 0. The highest BCUT2D eigenvalue weighted by molar-refractivity contribution is 5.96. The van der Waals surface area contributed by atoms with Gasteiger partial charge in [-0.25, -0.2) is 15.0 Å². The van der Waals surface area contributed by atoms with E-state index in [0.717, 1.165) is 46.6 Å². The van der Waals surface area contributed by atoms with Gasteiger partial charge in [-0.15, -0.1) is 0 Å². The quantitative estimate of drug-likeness (QED) is 0.244. The highest BCUT2D eigenvalue weighted by Gasteiger charge is 2.26. The third kappa shape index (κ3) is 5.61. The predicted octanol–water partition coefficient (Wildman–Crippen LogP) is 6.76. The Bertz CT molecular complexity index is 1700. The van der Waals surface area contributed by atoms with Crippen LogP contribution in [0.4, 0.5) is 5.82 Å². The second-order valence-electron chi connectivity index (χ2n) is 10.6. The molecule has 0 unspecified atom stereocenters. The number of hydrogen-bond acceptors (Lipinski definition) is 6. The van der Waals surface area contributed by atoms with Crippen LogP contribution in [0, 0.1) is 20.8 Å². The van der Waals surface area contributed by atoms with Crippen LogP contribution < -0.4 is 9.64 Å². The molecule has 1 amide bonds. The minimum atomic E-state index is -0.0824. The van der Waals surface area contributed by atoms with Gasteiger partial charge in [0.2, 0.25) is 5.88 Å². The number of carbonyl (C=O) groups is 1. The topological polar surface area (TPSA) is 71.5 Å². The van der Waals surface area contributed by atoms with Gasteiger partial charge in [-0.2, -0.15) is 0 Å². The van der Waals surface area contributed by atoms with Crippen molar-refractivity contribution in [2.24, 2.45) is 0 Å². The van der Waals surface area contributed by atoms with Crippen LogP contribution in [-0.2, 0) is 0 Å². The number of fused-ring (bicyclic) bond motifs is 1. The van der Waals surface area contributed by atoms with E-state index in [-0.39, 0.29) is 5.91 Å². The van der Waals surface area contributed by atoms with E-state index in [2.05, 4.69) is 48.0 Å². The van der Waals surface area contributed by atoms with E-state index >= 15 is 0 Å². The van der Waals surface area contributed by atoms with Crippen LogP contribution in [0.25, 0.3) is 22.3 Å². The van der Waals surface area contributed by atoms with Crippen molar-refractivity contribution in [1.29, 1.82) is 0 Å². The molecular formula is C34H33N5O2. The number of pyridine rings is 1. The van der Waals surface area contributed by atoms with Crippen molar-refractivity contribution >= 4 is 22.8 Å². The molecule has 1 fully saturated rings. The molecular weight excluding hydrogens is 510 g/mol. The van der Waals surface area contributed by atoms with Crippen LogP contribution >= 0.6 is 0 Å². The molecule has 5 aromatic rings. The number of aryl methyl sites for hydroxylation is 3. The minimum Gasteiger partial charge on any atom is -0.438 e. The Balaban J connectivity index is 1.28. The number of nitrogens with zero attached hydrogens (tertiary/aromatic N) is 5. The molecule has 3 aromatic carbocycles. The van der Waals surface area contributed by atoms with Crippen LogP contribution in [0.2, 0.25) is 0 Å². The number of carbonyl (C=O) groups excluding carboxylic acids is 1. The average molecular weight is 544 g/mol. The number of rotatable bonds is 5. The lowest BCUT2D eigenvalue weighted by molar-refractivity contribution is 0.0763. The monoisotopic (exact) mass is 543 g/mol. The van der Waals surface area contributed by atoms with Gasteiger partial charge in [0.25, 0.3) is 5.91 Å². The molecule has 1 saturated heterocycles. The fraction of sp³-hybridized carbons (Fsp3) is 0.235. The highest BCUT2D eigenvalue weighted by atomic mass is 16.5. The summed E-state index contributed by atoms with van der Waals surface area (Å²) in [6, 6.07) is 25.7. The zero-order valence-electron chi connectivity index (χ0n) is 23.7. The second-order valence-corrected chi connectivity index (χ2v) is 10.6. The Morgan fingerprint density at radius 3 is 2.27 bits per heavy atom. The average Bonchev–Trinajstić information content (AvgIpc) is 3.25. The molecule has 1 aliphatic heterocycles. The van der Waals surface area contributed by atoms with Crippen molar-refractivity contribution in [3.05, 3.63) is 107 Å². The molecule has 2 aromatic heterocycles. The molecule has 206 valence electrons. The third-order valence-corrected chi connectivity index (χ3v) is 7.63. The molecule has 0 atom stereocenters. The van der Waals surface area contributed by atoms with E-state index in [1.165, 1.54) is 11.1 Å². The Morgan fingerprint density at radius 1 is 0.780 bits per heavy atom. The molecule has 0 radical (unpaired) electrons. The first kappa shape index (κ1) is 26.4. The van der Waals surface area contributed by atoms with E-state index in [1.807, 2.05) is 54.3 Å². The normalized spacial score (nSPS) is 13.7. The van der Waals surface area contributed by atoms with Crippen molar-refractivity contribution < 1.29 is 9.53 Å². The lowest BCUT2D eigenvalue weighted by atomic mass is 10.1. The molecule has 0 spiro atoms. The number of ether oxygens (including phenoxy) is 1. The Hall–Kier alpha value is -4.78. The summed E-state index contributed by atoms with van der Waals surface area (Å²) < 4.78 is 6.03. The molecule has 1 aliphatic rings. The summed E-state index contributed by atoms with van der Waals surface area (Å²) in [6.07, 6.45) is 2.46. The van der Waals surface area contributed by atoms with Gasteiger partial charge in [0.05, 0.1) is 11.0 Å². The summed E-state index contributed by atoms with van der Waals surface area (Å²) in [5, 5.41) is 0. The maximum absolute atomic E-state index is 13.8. The zero-order chi connectivity index (χ0) is 28.3. The third-order valence-electron chi connectivity index (χ3n) is 7.63. The summed E-state index contributed by atoms with van der Waals surface area (Å²) >= 11 is 0. The van der Waals surface area contributed by atoms with Gasteiger partial charge in [-0.05, 0) is 74.7 Å². The predicted molar refractivity (Wildman–Crippen MR) is 163 cm³/mol. The SMILES string of the molecule is Cc1ccc(Oc2ncccc2C(=O)N2CCCN(c3nc4cc(C)c(C)cc4nc3-c3ccccc3)CC2)cc1. The molecule has 7 heteroatoms. The fourth-order valence-electron chi connectivity index (χ4n) is 5.17. The largest absolute Gasteiger partial charge is 0.438 e. The van der Waals surface area contributed by atoms with Crippen LogP contribution in [0.15, 0.2) is 85.1 Å².